The van der Waals surface area contributed by atoms with E-state index in [0.29, 0.717) is 17.3 Å². The molecule has 0 aliphatic rings. The monoisotopic (exact) mass is 359 g/mol. The summed E-state index contributed by atoms with van der Waals surface area (Å²) in [5, 5.41) is 0.472. The highest BCUT2D eigenvalue weighted by Crippen LogP contribution is 2.25. The molecule has 0 radical (unpaired) electrons. The van der Waals surface area contributed by atoms with Gasteiger partial charge >= 0.3 is 5.16 Å². The lowest BCUT2D eigenvalue weighted by Gasteiger charge is -2.12. The maximum absolute atomic E-state index is 12.6. The molecule has 0 saturated carbocycles. The molecule has 2 heterocycles. The summed E-state index contributed by atoms with van der Waals surface area (Å²) in [5.41, 5.74) is 4.47. The summed E-state index contributed by atoms with van der Waals surface area (Å²) in [6, 6.07) is 5.54. The van der Waals surface area contributed by atoms with Gasteiger partial charge in [-0.05, 0) is 26.0 Å². The Hall–Kier alpha value is -2.25. The van der Waals surface area contributed by atoms with Crippen molar-refractivity contribution in [3.05, 3.63) is 41.2 Å². The fourth-order valence-electron chi connectivity index (χ4n) is 2.81. The Labute approximate surface area is 149 Å². The molecule has 0 spiro atoms. The fourth-order valence-corrected chi connectivity index (χ4v) is 3.80. The van der Waals surface area contributed by atoms with Crippen molar-refractivity contribution < 1.29 is 14.0 Å². The molecule has 1 unspecified atom stereocenters. The molecule has 0 aliphatic heterocycles. The van der Waals surface area contributed by atoms with Gasteiger partial charge in [-0.3, -0.25) is 9.97 Å². The van der Waals surface area contributed by atoms with Crippen LogP contribution in [-0.4, -0.2) is 39.5 Å². The summed E-state index contributed by atoms with van der Waals surface area (Å²) in [6.07, 6.45) is 2.38. The van der Waals surface area contributed by atoms with Crippen LogP contribution in [0.5, 0.6) is 11.5 Å². The van der Waals surface area contributed by atoms with Crippen LogP contribution in [0.25, 0.3) is 11.0 Å². The minimum absolute atomic E-state index is 0.441. The van der Waals surface area contributed by atoms with Crippen LogP contribution in [0.4, 0.5) is 0 Å². The number of hydrogen-bond acceptors (Lipinski definition) is 5. The molecule has 2 aromatic heterocycles. The van der Waals surface area contributed by atoms with Crippen molar-refractivity contribution in [2.24, 2.45) is 0 Å². The predicted octanol–water partition coefficient (Wildman–Crippen LogP) is 2.94. The van der Waals surface area contributed by atoms with E-state index in [1.165, 1.54) is 0 Å². The van der Waals surface area contributed by atoms with Gasteiger partial charge < -0.3 is 14.0 Å². The molecule has 0 fully saturated rings. The molecule has 0 bridgehead atoms. The van der Waals surface area contributed by atoms with Gasteiger partial charge in [0.25, 0.3) is 0 Å². The SMILES string of the molecule is COc1ccc2[nH]c([S+]([O-])CCc3ncc(C)c(OC)c3C)nc2c1. The highest BCUT2D eigenvalue weighted by atomic mass is 32.2. The molecule has 25 heavy (non-hydrogen) atoms. The Bertz CT molecular complexity index is 895. The summed E-state index contributed by atoms with van der Waals surface area (Å²) in [4.78, 5) is 12.0. The minimum atomic E-state index is -1.24. The number of imidazole rings is 1. The van der Waals surface area contributed by atoms with Gasteiger partial charge in [0.1, 0.15) is 17.3 Å². The summed E-state index contributed by atoms with van der Waals surface area (Å²) in [7, 11) is 3.26. The number of nitrogens with one attached hydrogen (secondary N) is 1. The Balaban J connectivity index is 1.75. The van der Waals surface area contributed by atoms with Crippen LogP contribution in [0, 0.1) is 13.8 Å². The first-order valence-electron chi connectivity index (χ1n) is 7.94. The van der Waals surface area contributed by atoms with Crippen LogP contribution >= 0.6 is 0 Å². The molecule has 3 aromatic rings. The summed E-state index contributed by atoms with van der Waals surface area (Å²) >= 11 is -1.24. The summed E-state index contributed by atoms with van der Waals surface area (Å²) in [5.74, 6) is 2.01. The van der Waals surface area contributed by atoms with Gasteiger partial charge in [0, 0.05) is 41.0 Å². The Morgan fingerprint density at radius 2 is 2.00 bits per heavy atom. The van der Waals surface area contributed by atoms with Crippen LogP contribution in [0.3, 0.4) is 0 Å². The van der Waals surface area contributed by atoms with E-state index in [0.717, 1.165) is 39.4 Å². The largest absolute Gasteiger partial charge is 0.609 e. The molecular weight excluding hydrogens is 338 g/mol. The van der Waals surface area contributed by atoms with Crippen molar-refractivity contribution in [1.82, 2.24) is 15.0 Å². The summed E-state index contributed by atoms with van der Waals surface area (Å²) < 4.78 is 23.2. The lowest BCUT2D eigenvalue weighted by atomic mass is 10.1. The molecule has 1 N–H and O–H groups in total. The number of nitrogens with zero attached hydrogens (tertiary/aromatic N) is 2. The van der Waals surface area contributed by atoms with Crippen LogP contribution in [0.2, 0.25) is 0 Å². The van der Waals surface area contributed by atoms with E-state index in [1.54, 1.807) is 20.4 Å². The van der Waals surface area contributed by atoms with Crippen molar-refractivity contribution in [2.75, 3.05) is 20.0 Å². The smallest absolute Gasteiger partial charge is 0.321 e. The molecule has 0 saturated heterocycles. The number of aryl methyl sites for hydroxylation is 2. The number of fused-ring (bicyclic) bond motifs is 1. The zero-order valence-corrected chi connectivity index (χ0v) is 15.6. The number of pyridine rings is 1. The highest BCUT2D eigenvalue weighted by Gasteiger charge is 2.19. The van der Waals surface area contributed by atoms with Gasteiger partial charge in [-0.2, -0.15) is 4.98 Å². The van der Waals surface area contributed by atoms with E-state index in [9.17, 15) is 4.55 Å². The van der Waals surface area contributed by atoms with E-state index in [1.807, 2.05) is 32.0 Å². The van der Waals surface area contributed by atoms with Crippen LogP contribution in [0.15, 0.2) is 29.6 Å². The molecule has 3 rings (SSSR count). The number of aromatic amines is 1. The van der Waals surface area contributed by atoms with Crippen LogP contribution in [-0.2, 0) is 17.6 Å². The van der Waals surface area contributed by atoms with E-state index in [-0.39, 0.29) is 0 Å². The Morgan fingerprint density at radius 3 is 2.72 bits per heavy atom. The number of H-pyrrole nitrogens is 1. The standard InChI is InChI=1S/C18H21N3O3S/c1-11-10-19-14(12(2)17(11)24-4)7-8-25(22)18-20-15-6-5-13(23-3)9-16(15)21-18/h5-6,9-10H,7-8H2,1-4H3,(H,20,21). The van der Waals surface area contributed by atoms with E-state index in [2.05, 4.69) is 15.0 Å². The van der Waals surface area contributed by atoms with Gasteiger partial charge in [-0.1, -0.05) is 0 Å². The number of benzene rings is 1. The average molecular weight is 359 g/mol. The first kappa shape index (κ1) is 17.6. The lowest BCUT2D eigenvalue weighted by Crippen LogP contribution is -2.13. The van der Waals surface area contributed by atoms with Gasteiger partial charge in [-0.25, -0.2) is 0 Å². The van der Waals surface area contributed by atoms with Crippen LogP contribution < -0.4 is 9.47 Å². The van der Waals surface area contributed by atoms with E-state index >= 15 is 0 Å². The first-order valence-corrected chi connectivity index (χ1v) is 9.26. The number of ether oxygens (including phenoxy) is 2. The number of hydrogen-bond donors (Lipinski definition) is 1. The maximum Gasteiger partial charge on any atom is 0.321 e. The molecule has 132 valence electrons. The summed E-state index contributed by atoms with van der Waals surface area (Å²) in [6.45, 7) is 3.94. The minimum Gasteiger partial charge on any atom is -0.609 e. The zero-order chi connectivity index (χ0) is 18.0. The molecule has 1 aromatic carbocycles. The maximum atomic E-state index is 12.6. The third-order valence-corrected chi connectivity index (χ3v) is 5.36. The van der Waals surface area contributed by atoms with E-state index in [4.69, 9.17) is 9.47 Å². The lowest BCUT2D eigenvalue weighted by molar-refractivity contribution is 0.407. The van der Waals surface area contributed by atoms with E-state index < -0.39 is 11.2 Å². The van der Waals surface area contributed by atoms with Crippen molar-refractivity contribution in [3.8, 4) is 11.5 Å². The molecule has 7 heteroatoms. The molecular formula is C18H21N3O3S. The quantitative estimate of drug-likeness (QED) is 0.684. The molecule has 6 nitrogen and oxygen atoms in total. The zero-order valence-electron chi connectivity index (χ0n) is 14.8. The van der Waals surface area contributed by atoms with Gasteiger partial charge in [0.05, 0.1) is 30.9 Å². The van der Waals surface area contributed by atoms with Crippen molar-refractivity contribution in [3.63, 3.8) is 0 Å². The topological polar surface area (TPSA) is 83.1 Å². The second kappa shape index (κ2) is 7.33. The number of methoxy groups -OCH3 is 2. The predicted molar refractivity (Wildman–Crippen MR) is 97.9 cm³/mol. The normalized spacial score (nSPS) is 12.4. The first-order chi connectivity index (χ1) is 12.0. The third kappa shape index (κ3) is 3.57. The van der Waals surface area contributed by atoms with Crippen molar-refractivity contribution >= 4 is 22.2 Å². The number of rotatable bonds is 6. The Morgan fingerprint density at radius 1 is 1.20 bits per heavy atom. The third-order valence-electron chi connectivity index (χ3n) is 4.16. The van der Waals surface area contributed by atoms with Gasteiger partial charge in [0.15, 0.2) is 0 Å². The average Bonchev–Trinajstić information content (AvgIpc) is 3.04. The van der Waals surface area contributed by atoms with Crippen molar-refractivity contribution in [1.29, 1.82) is 0 Å². The highest BCUT2D eigenvalue weighted by molar-refractivity contribution is 7.91. The molecule has 1 atom stereocenters. The van der Waals surface area contributed by atoms with Gasteiger partial charge in [-0.15, -0.1) is 0 Å². The molecule has 0 aliphatic carbocycles. The molecule has 0 amide bonds. The van der Waals surface area contributed by atoms with Crippen LogP contribution in [0.1, 0.15) is 16.8 Å². The second-order valence-electron chi connectivity index (χ2n) is 5.77. The second-order valence-corrected chi connectivity index (χ2v) is 7.26. The van der Waals surface area contributed by atoms with Gasteiger partial charge in [0.2, 0.25) is 0 Å². The Kier molecular flexibility index (Phi) is 5.15. The fraction of sp³-hybridized carbons (Fsp3) is 0.333. The van der Waals surface area contributed by atoms with Crippen molar-refractivity contribution in [2.45, 2.75) is 25.4 Å². The number of aromatic nitrogens is 3.